The van der Waals surface area contributed by atoms with E-state index in [1.165, 1.54) is 24.8 Å². The average Bonchev–Trinajstić information content (AvgIpc) is 3.21. The smallest absolute Gasteiger partial charge is 0.227 e. The number of benzene rings is 2. The fourth-order valence-electron chi connectivity index (χ4n) is 4.39. The van der Waals surface area contributed by atoms with Crippen LogP contribution in [0.25, 0.3) is 11.1 Å². The number of halogens is 1. The Morgan fingerprint density at radius 3 is 2.54 bits per heavy atom. The number of hydrogen-bond acceptors (Lipinski definition) is 1. The average molecular weight is 340 g/mol. The van der Waals surface area contributed by atoms with E-state index in [2.05, 4.69) is 18.3 Å². The molecule has 2 fully saturated rings. The summed E-state index contributed by atoms with van der Waals surface area (Å²) in [6.45, 7) is 2.06. The largest absolute Gasteiger partial charge is 0.326 e. The summed E-state index contributed by atoms with van der Waals surface area (Å²) >= 11 is 6.31. The third-order valence-corrected chi connectivity index (χ3v) is 5.99. The number of carbonyl (C=O) groups is 1. The minimum atomic E-state index is 0.198. The van der Waals surface area contributed by atoms with Gasteiger partial charge in [-0.15, -0.1) is 0 Å². The number of nitrogens with one attached hydrogen (secondary N) is 1. The van der Waals surface area contributed by atoms with Gasteiger partial charge in [0.05, 0.1) is 0 Å². The van der Waals surface area contributed by atoms with Crippen LogP contribution in [0.1, 0.15) is 31.2 Å². The van der Waals surface area contributed by atoms with Gasteiger partial charge >= 0.3 is 0 Å². The summed E-state index contributed by atoms with van der Waals surface area (Å²) in [6.07, 6.45) is 4.88. The highest BCUT2D eigenvalue weighted by atomic mass is 35.5. The number of anilines is 1. The Balaban J connectivity index is 1.48. The second-order valence-electron chi connectivity index (χ2n) is 7.33. The van der Waals surface area contributed by atoms with E-state index < -0.39 is 0 Å². The number of carbonyl (C=O) groups excluding carboxylic acids is 1. The number of hydrogen-bond donors (Lipinski definition) is 1. The summed E-state index contributed by atoms with van der Waals surface area (Å²) < 4.78 is 0. The molecule has 0 aliphatic heterocycles. The van der Waals surface area contributed by atoms with E-state index in [4.69, 9.17) is 11.6 Å². The molecule has 2 aromatic carbocycles. The maximum atomic E-state index is 12.5. The second-order valence-corrected chi connectivity index (χ2v) is 7.74. The van der Waals surface area contributed by atoms with Gasteiger partial charge in [0.1, 0.15) is 0 Å². The van der Waals surface area contributed by atoms with Crippen LogP contribution >= 0.6 is 11.6 Å². The molecule has 1 amide bonds. The topological polar surface area (TPSA) is 29.1 Å². The minimum absolute atomic E-state index is 0.198. The molecule has 0 radical (unpaired) electrons. The fourth-order valence-corrected chi connectivity index (χ4v) is 4.62. The Morgan fingerprint density at radius 1 is 1.08 bits per heavy atom. The molecule has 0 saturated heterocycles. The SMILES string of the molecule is Cc1ccc(Cl)c(-c2ccc(NC(=O)C3CC4CCC3C4)cc2)c1. The lowest BCUT2D eigenvalue weighted by molar-refractivity contribution is -0.121. The molecular formula is C21H22ClNO. The van der Waals surface area contributed by atoms with E-state index in [1.807, 2.05) is 36.4 Å². The highest BCUT2D eigenvalue weighted by Gasteiger charge is 2.42. The summed E-state index contributed by atoms with van der Waals surface area (Å²) in [7, 11) is 0. The van der Waals surface area contributed by atoms with Crippen molar-refractivity contribution in [3.8, 4) is 11.1 Å². The molecule has 124 valence electrons. The van der Waals surface area contributed by atoms with E-state index in [0.29, 0.717) is 5.92 Å². The summed E-state index contributed by atoms with van der Waals surface area (Å²) in [4.78, 5) is 12.5. The van der Waals surface area contributed by atoms with Crippen molar-refractivity contribution < 1.29 is 4.79 Å². The van der Waals surface area contributed by atoms with Gasteiger partial charge in [0, 0.05) is 22.2 Å². The van der Waals surface area contributed by atoms with Crippen LogP contribution in [0.4, 0.5) is 5.69 Å². The lowest BCUT2D eigenvalue weighted by Gasteiger charge is -2.20. The lowest BCUT2D eigenvalue weighted by Crippen LogP contribution is -2.27. The standard InChI is InChI=1S/C21H22ClNO/c1-13-2-9-20(22)18(10-13)15-5-7-17(8-6-15)23-21(24)19-12-14-3-4-16(19)11-14/h2,5-10,14,16,19H,3-4,11-12H2,1H3,(H,23,24). The Kier molecular flexibility index (Phi) is 4.09. The van der Waals surface area contributed by atoms with Crippen molar-refractivity contribution in [2.24, 2.45) is 17.8 Å². The predicted octanol–water partition coefficient (Wildman–Crippen LogP) is 5.69. The molecule has 0 spiro atoms. The van der Waals surface area contributed by atoms with Crippen molar-refractivity contribution in [2.45, 2.75) is 32.6 Å². The van der Waals surface area contributed by atoms with Crippen molar-refractivity contribution in [3.05, 3.63) is 53.1 Å². The molecule has 4 rings (SSSR count). The highest BCUT2D eigenvalue weighted by Crippen LogP contribution is 2.48. The van der Waals surface area contributed by atoms with E-state index >= 15 is 0 Å². The molecule has 0 aromatic heterocycles. The zero-order chi connectivity index (χ0) is 16.7. The number of fused-ring (bicyclic) bond motifs is 2. The Morgan fingerprint density at radius 2 is 1.88 bits per heavy atom. The van der Waals surface area contributed by atoms with Gasteiger partial charge in [-0.1, -0.05) is 41.8 Å². The molecule has 2 nitrogen and oxygen atoms in total. The molecule has 2 aromatic rings. The van der Waals surface area contributed by atoms with Crippen molar-refractivity contribution >= 4 is 23.2 Å². The fraction of sp³-hybridized carbons (Fsp3) is 0.381. The molecule has 1 N–H and O–H groups in total. The van der Waals surface area contributed by atoms with Gasteiger partial charge in [-0.3, -0.25) is 4.79 Å². The molecule has 3 atom stereocenters. The first-order valence-corrected chi connectivity index (χ1v) is 9.15. The maximum absolute atomic E-state index is 12.5. The molecular weight excluding hydrogens is 318 g/mol. The highest BCUT2D eigenvalue weighted by molar-refractivity contribution is 6.33. The minimum Gasteiger partial charge on any atom is -0.326 e. The number of aryl methyl sites for hydroxylation is 1. The van der Waals surface area contributed by atoms with Gasteiger partial charge in [-0.25, -0.2) is 0 Å². The first-order chi connectivity index (χ1) is 11.6. The van der Waals surface area contributed by atoms with E-state index in [0.717, 1.165) is 34.2 Å². The van der Waals surface area contributed by atoms with Crippen molar-refractivity contribution in [1.29, 1.82) is 0 Å². The van der Waals surface area contributed by atoms with Gasteiger partial charge in [0.15, 0.2) is 0 Å². The summed E-state index contributed by atoms with van der Waals surface area (Å²) in [6, 6.07) is 14.0. The van der Waals surface area contributed by atoms with E-state index in [9.17, 15) is 4.79 Å². The Labute approximate surface area is 148 Å². The van der Waals surface area contributed by atoms with Crippen molar-refractivity contribution in [3.63, 3.8) is 0 Å². The van der Waals surface area contributed by atoms with Crippen LogP contribution < -0.4 is 5.32 Å². The van der Waals surface area contributed by atoms with Gasteiger partial charge in [0.25, 0.3) is 0 Å². The number of rotatable bonds is 3. The first-order valence-electron chi connectivity index (χ1n) is 8.77. The molecule has 2 aliphatic rings. The first kappa shape index (κ1) is 15.7. The lowest BCUT2D eigenvalue weighted by atomic mass is 9.88. The van der Waals surface area contributed by atoms with Gasteiger partial charge in [-0.2, -0.15) is 0 Å². The van der Waals surface area contributed by atoms with Crippen LogP contribution in [0.15, 0.2) is 42.5 Å². The normalized spacial score (nSPS) is 25.0. The predicted molar refractivity (Wildman–Crippen MR) is 99.2 cm³/mol. The van der Waals surface area contributed by atoms with Crippen LogP contribution in [-0.2, 0) is 4.79 Å². The summed E-state index contributed by atoms with van der Waals surface area (Å²) in [5, 5.41) is 3.85. The van der Waals surface area contributed by atoms with Crippen molar-refractivity contribution in [1.82, 2.24) is 0 Å². The molecule has 24 heavy (non-hydrogen) atoms. The van der Waals surface area contributed by atoms with Crippen LogP contribution in [-0.4, -0.2) is 5.91 Å². The third-order valence-electron chi connectivity index (χ3n) is 5.66. The van der Waals surface area contributed by atoms with E-state index in [1.54, 1.807) is 0 Å². The van der Waals surface area contributed by atoms with Crippen LogP contribution in [0.5, 0.6) is 0 Å². The van der Waals surface area contributed by atoms with Crippen LogP contribution in [0.3, 0.4) is 0 Å². The molecule has 2 aliphatic carbocycles. The quantitative estimate of drug-likeness (QED) is 0.764. The monoisotopic (exact) mass is 339 g/mol. The molecule has 3 unspecified atom stereocenters. The molecule has 0 heterocycles. The molecule has 2 bridgehead atoms. The van der Waals surface area contributed by atoms with Gasteiger partial charge in [-0.05, 0) is 67.9 Å². The number of amides is 1. The van der Waals surface area contributed by atoms with Crippen molar-refractivity contribution in [2.75, 3.05) is 5.32 Å². The molecule has 2 saturated carbocycles. The zero-order valence-corrected chi connectivity index (χ0v) is 14.6. The third kappa shape index (κ3) is 2.95. The van der Waals surface area contributed by atoms with Gasteiger partial charge in [0.2, 0.25) is 5.91 Å². The maximum Gasteiger partial charge on any atom is 0.227 e. The zero-order valence-electron chi connectivity index (χ0n) is 13.9. The van der Waals surface area contributed by atoms with Gasteiger partial charge < -0.3 is 5.32 Å². The molecule has 3 heteroatoms. The van der Waals surface area contributed by atoms with Crippen LogP contribution in [0.2, 0.25) is 5.02 Å². The summed E-state index contributed by atoms with van der Waals surface area (Å²) in [5.74, 6) is 1.81. The summed E-state index contributed by atoms with van der Waals surface area (Å²) in [5.41, 5.74) is 4.16. The van der Waals surface area contributed by atoms with E-state index in [-0.39, 0.29) is 11.8 Å². The second kappa shape index (κ2) is 6.25. The Hall–Kier alpha value is -1.80. The van der Waals surface area contributed by atoms with Crippen LogP contribution in [0, 0.1) is 24.7 Å². The Bertz CT molecular complexity index is 768.